The Balaban J connectivity index is 2.52. The fourth-order valence-electron chi connectivity index (χ4n) is 3.55. The van der Waals surface area contributed by atoms with E-state index in [2.05, 4.69) is 48.2 Å². The number of methoxy groups -OCH3 is 1. The second-order valence-corrected chi connectivity index (χ2v) is 7.94. The van der Waals surface area contributed by atoms with Crippen molar-refractivity contribution in [2.24, 2.45) is 15.0 Å². The zero-order valence-corrected chi connectivity index (χ0v) is 21.6. The summed E-state index contributed by atoms with van der Waals surface area (Å²) < 4.78 is 5.31. The first kappa shape index (κ1) is 26.8. The number of ether oxygens (including phenoxy) is 1. The van der Waals surface area contributed by atoms with Crippen molar-refractivity contribution >= 4 is 23.7 Å². The lowest BCUT2D eigenvalue weighted by atomic mass is 10.0. The van der Waals surface area contributed by atoms with E-state index in [0.29, 0.717) is 6.04 Å². The molecular weight excluding hydrogens is 420 g/mol. The number of likely N-dealkylation sites (N-methyl/N-ethyl adjacent to an activating group) is 1. The average Bonchev–Trinajstić information content (AvgIpc) is 2.83. The Labute approximate surface area is 205 Å². The van der Waals surface area contributed by atoms with Crippen LogP contribution in [0.3, 0.4) is 0 Å². The molecule has 0 aliphatic carbocycles. The van der Waals surface area contributed by atoms with E-state index in [0.717, 1.165) is 52.8 Å². The molecule has 0 radical (unpaired) electrons. The molecule has 180 valence electrons. The molecule has 0 saturated carbocycles. The van der Waals surface area contributed by atoms with Gasteiger partial charge in [-0.15, -0.1) is 0 Å². The summed E-state index contributed by atoms with van der Waals surface area (Å²) in [6.07, 6.45) is 16.2. The van der Waals surface area contributed by atoms with Crippen molar-refractivity contribution in [3.63, 3.8) is 0 Å². The van der Waals surface area contributed by atoms with Crippen molar-refractivity contribution in [2.45, 2.75) is 47.6 Å². The molecule has 0 amide bonds. The van der Waals surface area contributed by atoms with Gasteiger partial charge in [0.2, 0.25) is 0 Å². The van der Waals surface area contributed by atoms with Crippen molar-refractivity contribution in [1.29, 1.82) is 0 Å². The molecule has 1 heterocycles. The molecule has 0 aromatic heterocycles. The van der Waals surface area contributed by atoms with Gasteiger partial charge < -0.3 is 9.64 Å². The van der Waals surface area contributed by atoms with Crippen molar-refractivity contribution in [3.05, 3.63) is 83.4 Å². The minimum absolute atomic E-state index is 0.312. The highest BCUT2D eigenvalue weighted by Crippen LogP contribution is 2.19. The lowest BCUT2D eigenvalue weighted by Gasteiger charge is -2.27. The zero-order chi connectivity index (χ0) is 24.9. The first-order valence-electron chi connectivity index (χ1n) is 11.9. The van der Waals surface area contributed by atoms with Gasteiger partial charge in [0.15, 0.2) is 0 Å². The lowest BCUT2D eigenvalue weighted by molar-refractivity contribution is 0.348. The third-order valence-corrected chi connectivity index (χ3v) is 5.41. The Morgan fingerprint density at radius 3 is 2.44 bits per heavy atom. The molecule has 5 nitrogen and oxygen atoms in total. The van der Waals surface area contributed by atoms with Crippen LogP contribution in [0.5, 0.6) is 5.75 Å². The Kier molecular flexibility index (Phi) is 11.0. The van der Waals surface area contributed by atoms with Gasteiger partial charge in [-0.05, 0) is 89.6 Å². The lowest BCUT2D eigenvalue weighted by Crippen LogP contribution is -2.28. The summed E-state index contributed by atoms with van der Waals surface area (Å²) in [5.41, 5.74) is 5.63. The van der Waals surface area contributed by atoms with Gasteiger partial charge in [-0.1, -0.05) is 18.2 Å². The van der Waals surface area contributed by atoms with Gasteiger partial charge >= 0.3 is 0 Å². The molecule has 1 unspecified atom stereocenters. The fraction of sp³-hybridized carbons (Fsp3) is 0.345. The Morgan fingerprint density at radius 1 is 1.12 bits per heavy atom. The second kappa shape index (κ2) is 13.9. The van der Waals surface area contributed by atoms with Crippen molar-refractivity contribution < 1.29 is 4.74 Å². The molecule has 1 atom stereocenters. The summed E-state index contributed by atoms with van der Waals surface area (Å²) in [5, 5.41) is 0. The molecule has 34 heavy (non-hydrogen) atoms. The fourth-order valence-corrected chi connectivity index (χ4v) is 3.55. The maximum Gasteiger partial charge on any atom is 0.118 e. The van der Waals surface area contributed by atoms with E-state index in [1.54, 1.807) is 13.3 Å². The summed E-state index contributed by atoms with van der Waals surface area (Å²) in [5.74, 6) is 0.829. The van der Waals surface area contributed by atoms with Gasteiger partial charge in [0.25, 0.3) is 0 Å². The smallest absolute Gasteiger partial charge is 0.118 e. The summed E-state index contributed by atoms with van der Waals surface area (Å²) >= 11 is 0. The highest BCUT2D eigenvalue weighted by atomic mass is 16.5. The van der Waals surface area contributed by atoms with E-state index in [-0.39, 0.29) is 0 Å². The van der Waals surface area contributed by atoms with Gasteiger partial charge in [0.05, 0.1) is 18.5 Å². The number of hydrogen-bond acceptors (Lipinski definition) is 5. The molecule has 0 bridgehead atoms. The monoisotopic (exact) mass is 458 g/mol. The van der Waals surface area contributed by atoms with Crippen molar-refractivity contribution in [3.8, 4) is 5.75 Å². The van der Waals surface area contributed by atoms with Gasteiger partial charge in [-0.25, -0.2) is 0 Å². The van der Waals surface area contributed by atoms with E-state index in [1.165, 1.54) is 0 Å². The van der Waals surface area contributed by atoms with Crippen LogP contribution in [0.25, 0.3) is 6.08 Å². The van der Waals surface area contributed by atoms with Gasteiger partial charge in [-0.2, -0.15) is 0 Å². The van der Waals surface area contributed by atoms with Crippen LogP contribution >= 0.6 is 0 Å². The Hall–Kier alpha value is -3.47. The first-order chi connectivity index (χ1) is 16.4. The van der Waals surface area contributed by atoms with Crippen molar-refractivity contribution in [1.82, 2.24) is 4.90 Å². The molecule has 1 aliphatic heterocycles. The summed E-state index contributed by atoms with van der Waals surface area (Å²) in [6, 6.07) is 8.31. The molecule has 1 aromatic rings. The van der Waals surface area contributed by atoms with Crippen LogP contribution in [0.4, 0.5) is 0 Å². The minimum Gasteiger partial charge on any atom is -0.497 e. The summed E-state index contributed by atoms with van der Waals surface area (Å²) in [6.45, 7) is 14.1. The molecule has 1 aliphatic rings. The zero-order valence-electron chi connectivity index (χ0n) is 21.6. The molecular formula is C29H38N4O. The molecule has 1 aromatic carbocycles. The molecule has 5 heteroatoms. The molecule has 0 saturated heterocycles. The van der Waals surface area contributed by atoms with Gasteiger partial charge in [0.1, 0.15) is 5.75 Å². The van der Waals surface area contributed by atoms with Crippen molar-refractivity contribution in [2.75, 3.05) is 20.2 Å². The molecule has 0 spiro atoms. The predicted molar refractivity (Wildman–Crippen MR) is 148 cm³/mol. The molecule has 0 fully saturated rings. The number of benzene rings is 1. The standard InChI is InChI=1S/C29H38N4O/c1-8-11-26(16-18-30-9-2)31-23(5)29(21-25-12-14-28(34-7)15-13-25)24(6)32-27-17-19-33(10-3)22(4)20-27/h8,11-22H,9-10H2,1-7H3/b11-8-,26-16+,29-21?,30-18+,31-23?,32-24?. The average molecular weight is 459 g/mol. The van der Waals surface area contributed by atoms with Crippen LogP contribution in [0.1, 0.15) is 47.1 Å². The first-order valence-corrected chi connectivity index (χ1v) is 11.9. The normalized spacial score (nSPS) is 18.3. The number of nitrogens with zero attached hydrogens (tertiary/aromatic N) is 4. The van der Waals surface area contributed by atoms with Crippen LogP contribution < -0.4 is 4.74 Å². The number of allylic oxidation sites excluding steroid dienone is 5. The van der Waals surface area contributed by atoms with Crippen LogP contribution in [0.2, 0.25) is 0 Å². The van der Waals surface area contributed by atoms with E-state index in [1.807, 2.05) is 70.2 Å². The SMILES string of the molecule is C\C=C/C(=C\C=N\CC)N=C(C)C(=Cc1ccc(OC)cc1)C(C)=NC1=CC(C)N(CC)C=C1. The Morgan fingerprint density at radius 2 is 1.85 bits per heavy atom. The number of aliphatic imine (C=N–C) groups is 3. The minimum atomic E-state index is 0.312. The largest absolute Gasteiger partial charge is 0.497 e. The quantitative estimate of drug-likeness (QED) is 0.290. The number of rotatable bonds is 10. The maximum absolute atomic E-state index is 5.31. The molecule has 0 N–H and O–H groups in total. The van der Waals surface area contributed by atoms with Gasteiger partial charge in [-0.3, -0.25) is 15.0 Å². The summed E-state index contributed by atoms with van der Waals surface area (Å²) in [7, 11) is 1.67. The van der Waals surface area contributed by atoms with Gasteiger partial charge in [0, 0.05) is 48.5 Å². The summed E-state index contributed by atoms with van der Waals surface area (Å²) in [4.78, 5) is 16.4. The van der Waals surface area contributed by atoms with E-state index in [4.69, 9.17) is 14.7 Å². The second-order valence-electron chi connectivity index (χ2n) is 7.94. The highest BCUT2D eigenvalue weighted by Gasteiger charge is 2.13. The van der Waals surface area contributed by atoms with E-state index in [9.17, 15) is 0 Å². The van der Waals surface area contributed by atoms with Crippen LogP contribution in [-0.4, -0.2) is 48.8 Å². The van der Waals surface area contributed by atoms with Crippen LogP contribution in [0.15, 0.2) is 92.8 Å². The highest BCUT2D eigenvalue weighted by molar-refractivity contribution is 6.26. The van der Waals surface area contributed by atoms with E-state index >= 15 is 0 Å². The van der Waals surface area contributed by atoms with E-state index < -0.39 is 0 Å². The third kappa shape index (κ3) is 8.14. The predicted octanol–water partition coefficient (Wildman–Crippen LogP) is 6.67. The third-order valence-electron chi connectivity index (χ3n) is 5.41. The topological polar surface area (TPSA) is 49.6 Å². The number of hydrogen-bond donors (Lipinski definition) is 0. The Bertz CT molecular complexity index is 1050. The van der Waals surface area contributed by atoms with Crippen LogP contribution in [0, 0.1) is 0 Å². The van der Waals surface area contributed by atoms with Crippen LogP contribution in [-0.2, 0) is 0 Å². The molecule has 2 rings (SSSR count). The maximum atomic E-state index is 5.31.